The van der Waals surface area contributed by atoms with Gasteiger partial charge in [-0.2, -0.15) is 0 Å². The number of Topliss-reactive ketones (excluding diaryl/α,β-unsaturated/α-hetero) is 1. The minimum Gasteiger partial charge on any atom is -0.372 e. The maximum absolute atomic E-state index is 15.6. The van der Waals surface area contributed by atoms with Crippen molar-refractivity contribution in [2.75, 3.05) is 11.4 Å². The molecule has 10 nitrogen and oxygen atoms in total. The number of amides is 3. The van der Waals surface area contributed by atoms with Crippen LogP contribution in [0.1, 0.15) is 42.0 Å². The average Bonchev–Trinajstić information content (AvgIpc) is 3.28. The van der Waals surface area contributed by atoms with Gasteiger partial charge in [0.1, 0.15) is 23.3 Å². The number of nitrogens with zero attached hydrogens (tertiary/aromatic N) is 2. The maximum Gasteiger partial charge on any atom is 0.323 e. The summed E-state index contributed by atoms with van der Waals surface area (Å²) in [5.74, 6) is -0.846. The minimum atomic E-state index is -1.53. The van der Waals surface area contributed by atoms with Crippen molar-refractivity contribution in [3.63, 3.8) is 0 Å². The summed E-state index contributed by atoms with van der Waals surface area (Å²) < 4.78 is 21.5. The first kappa shape index (κ1) is 22.5. The largest absolute Gasteiger partial charge is 0.372 e. The fourth-order valence-corrected chi connectivity index (χ4v) is 5.66. The van der Waals surface area contributed by atoms with E-state index in [1.807, 2.05) is 6.92 Å². The van der Waals surface area contributed by atoms with Crippen LogP contribution in [-0.2, 0) is 22.4 Å². The molecule has 0 aliphatic carbocycles. The number of aliphatic hydroxyl groups is 1. The Bertz CT molecular complexity index is 1150. The molecule has 5 rings (SSSR count). The molecular weight excluding hydrogens is 445 g/mol. The molecule has 11 heteroatoms. The number of hydrogen-bond donors (Lipinski definition) is 4. The number of carbonyl (C=O) groups is 3. The third-order valence-electron chi connectivity index (χ3n) is 6.99. The Labute approximate surface area is 194 Å². The number of rotatable bonds is 4. The summed E-state index contributed by atoms with van der Waals surface area (Å²) in [6, 6.07) is 1.28. The second-order valence-electron chi connectivity index (χ2n) is 9.22. The summed E-state index contributed by atoms with van der Waals surface area (Å²) in [6.45, 7) is 3.89. The van der Waals surface area contributed by atoms with Gasteiger partial charge in [0, 0.05) is 37.3 Å². The number of halogens is 1. The van der Waals surface area contributed by atoms with Gasteiger partial charge in [0.25, 0.3) is 0 Å². The number of urea groups is 1. The number of benzene rings is 1. The van der Waals surface area contributed by atoms with Gasteiger partial charge in [-0.3, -0.25) is 14.9 Å². The lowest BCUT2D eigenvalue weighted by atomic mass is 9.66. The number of carbonyl (C=O) groups excluding carboxylic acids is 3. The molecule has 0 unspecified atom stereocenters. The molecule has 180 valence electrons. The summed E-state index contributed by atoms with van der Waals surface area (Å²) in [5, 5.41) is 15.6. The molecule has 1 aromatic carbocycles. The zero-order valence-electron chi connectivity index (χ0n) is 18.8. The molecule has 0 radical (unpaired) electrons. The molecular formula is C23H26FN5O5. The Morgan fingerprint density at radius 1 is 1.35 bits per heavy atom. The number of H-pyrrole nitrogens is 1. The van der Waals surface area contributed by atoms with Crippen LogP contribution in [0.4, 0.5) is 14.9 Å². The molecule has 0 saturated carbocycles. The first-order valence-corrected chi connectivity index (χ1v) is 11.3. The Hall–Kier alpha value is -3.31. The van der Waals surface area contributed by atoms with E-state index < -0.39 is 41.5 Å². The molecule has 3 aliphatic heterocycles. The lowest BCUT2D eigenvalue weighted by molar-refractivity contribution is -0.155. The van der Waals surface area contributed by atoms with Gasteiger partial charge in [0.15, 0.2) is 5.78 Å². The van der Waals surface area contributed by atoms with Crippen molar-refractivity contribution < 1.29 is 28.6 Å². The highest BCUT2D eigenvalue weighted by Gasteiger charge is 2.62. The number of ether oxygens (including phenoxy) is 1. The number of morpholine rings is 1. The number of fused-ring (bicyclic) bond motifs is 4. The van der Waals surface area contributed by atoms with Gasteiger partial charge in [0.05, 0.1) is 23.9 Å². The van der Waals surface area contributed by atoms with Crippen LogP contribution in [0.5, 0.6) is 0 Å². The van der Waals surface area contributed by atoms with E-state index in [0.717, 1.165) is 0 Å². The molecule has 2 saturated heterocycles. The van der Waals surface area contributed by atoms with E-state index in [4.69, 9.17) is 4.74 Å². The summed E-state index contributed by atoms with van der Waals surface area (Å²) in [4.78, 5) is 46.7. The second-order valence-corrected chi connectivity index (χ2v) is 9.22. The topological polar surface area (TPSA) is 137 Å². The third kappa shape index (κ3) is 3.46. The Balaban J connectivity index is 1.57. The van der Waals surface area contributed by atoms with Gasteiger partial charge in [-0.25, -0.2) is 14.2 Å². The van der Waals surface area contributed by atoms with Crippen molar-refractivity contribution in [1.29, 1.82) is 0 Å². The normalized spacial score (nSPS) is 30.4. The molecule has 2 aromatic rings. The van der Waals surface area contributed by atoms with E-state index in [-0.39, 0.29) is 42.5 Å². The predicted octanol–water partition coefficient (Wildman–Crippen LogP) is 1.05. The summed E-state index contributed by atoms with van der Waals surface area (Å²) in [6.07, 6.45) is 1.37. The fourth-order valence-electron chi connectivity index (χ4n) is 5.66. The standard InChI is InChI=1S/C23H26FN5O5/c1-11-10-29-18-14(7-13(8-15(18)24)16(30)3-4-17-25-5-6-26-17)9-23(19(29)12(2)34-11)20(31)27-22(33)28-21(23)32/h5-8,11-12,19-20,31H,3-4,9-10H2,1-2H3,(H,25,26)(H2,27,28,32,33)/t11-,12+,19-,20-,23-/m1/s1. The van der Waals surface area contributed by atoms with Gasteiger partial charge < -0.3 is 25.0 Å². The number of aromatic nitrogens is 2. The number of imidazole rings is 1. The first-order valence-electron chi connectivity index (χ1n) is 11.3. The van der Waals surface area contributed by atoms with Crippen LogP contribution in [-0.4, -0.2) is 63.8 Å². The van der Waals surface area contributed by atoms with Crippen LogP contribution in [0.25, 0.3) is 0 Å². The molecule has 5 atom stereocenters. The number of aryl methyl sites for hydroxylation is 1. The smallest absolute Gasteiger partial charge is 0.323 e. The number of anilines is 1. The third-order valence-corrected chi connectivity index (χ3v) is 6.99. The highest BCUT2D eigenvalue weighted by atomic mass is 19.1. The maximum atomic E-state index is 15.6. The molecule has 1 spiro atoms. The van der Waals surface area contributed by atoms with E-state index >= 15 is 4.39 Å². The van der Waals surface area contributed by atoms with Crippen LogP contribution in [0.2, 0.25) is 0 Å². The van der Waals surface area contributed by atoms with E-state index in [1.165, 1.54) is 6.07 Å². The van der Waals surface area contributed by atoms with Crippen molar-refractivity contribution in [1.82, 2.24) is 20.6 Å². The van der Waals surface area contributed by atoms with Crippen LogP contribution >= 0.6 is 0 Å². The van der Waals surface area contributed by atoms with E-state index in [0.29, 0.717) is 17.8 Å². The fraction of sp³-hybridized carbons (Fsp3) is 0.478. The summed E-state index contributed by atoms with van der Waals surface area (Å²) in [7, 11) is 0. The highest BCUT2D eigenvalue weighted by Crippen LogP contribution is 2.49. The number of ketones is 1. The monoisotopic (exact) mass is 471 g/mol. The highest BCUT2D eigenvalue weighted by molar-refractivity contribution is 6.02. The number of aromatic amines is 1. The molecule has 3 amide bonds. The van der Waals surface area contributed by atoms with Gasteiger partial charge in [-0.15, -0.1) is 0 Å². The van der Waals surface area contributed by atoms with Gasteiger partial charge >= 0.3 is 6.03 Å². The molecule has 4 heterocycles. The molecule has 0 bridgehead atoms. The quantitative estimate of drug-likeness (QED) is 0.489. The van der Waals surface area contributed by atoms with Crippen molar-refractivity contribution in [2.24, 2.45) is 5.41 Å². The van der Waals surface area contributed by atoms with Gasteiger partial charge in [-0.05, 0) is 38.0 Å². The molecule has 34 heavy (non-hydrogen) atoms. The average molecular weight is 471 g/mol. The van der Waals surface area contributed by atoms with Crippen LogP contribution in [0.15, 0.2) is 24.5 Å². The van der Waals surface area contributed by atoms with Crippen molar-refractivity contribution in [3.05, 3.63) is 47.3 Å². The number of nitrogens with one attached hydrogen (secondary N) is 3. The minimum absolute atomic E-state index is 0.0743. The summed E-state index contributed by atoms with van der Waals surface area (Å²) in [5.41, 5.74) is -0.634. The van der Waals surface area contributed by atoms with Crippen LogP contribution in [0.3, 0.4) is 0 Å². The first-order chi connectivity index (χ1) is 16.2. The molecule has 4 N–H and O–H groups in total. The Morgan fingerprint density at radius 3 is 2.85 bits per heavy atom. The predicted molar refractivity (Wildman–Crippen MR) is 118 cm³/mol. The number of hydrogen-bond acceptors (Lipinski definition) is 7. The second kappa shape index (κ2) is 8.17. The van der Waals surface area contributed by atoms with Crippen molar-refractivity contribution in [3.8, 4) is 0 Å². The zero-order chi connectivity index (χ0) is 24.2. The number of aliphatic hydroxyl groups excluding tert-OH is 1. The van der Waals surface area contributed by atoms with E-state index in [1.54, 1.807) is 30.3 Å². The SMILES string of the molecule is C[C@@H]1CN2c3c(F)cc(C(=O)CCc4ncc[nH]4)cc3C[C@@]3(C(=O)NC(=O)N[C@@H]3O)[C@H]2[C@H](C)O1. The lowest BCUT2D eigenvalue weighted by Gasteiger charge is -2.57. The number of imide groups is 1. The van der Waals surface area contributed by atoms with Crippen LogP contribution < -0.4 is 15.5 Å². The molecule has 3 aliphatic rings. The molecule has 2 fully saturated rings. The summed E-state index contributed by atoms with van der Waals surface area (Å²) >= 11 is 0. The van der Waals surface area contributed by atoms with Crippen molar-refractivity contribution >= 4 is 23.4 Å². The van der Waals surface area contributed by atoms with Crippen molar-refractivity contribution in [2.45, 2.75) is 57.6 Å². The van der Waals surface area contributed by atoms with Gasteiger partial charge in [0.2, 0.25) is 5.91 Å². The Morgan fingerprint density at radius 2 is 2.15 bits per heavy atom. The van der Waals surface area contributed by atoms with Crippen LogP contribution in [0, 0.1) is 11.2 Å². The van der Waals surface area contributed by atoms with E-state index in [9.17, 15) is 19.5 Å². The Kier molecular flexibility index (Phi) is 5.40. The zero-order valence-corrected chi connectivity index (χ0v) is 18.8. The molecule has 1 aromatic heterocycles. The van der Waals surface area contributed by atoms with Gasteiger partial charge in [-0.1, -0.05) is 0 Å². The lowest BCUT2D eigenvalue weighted by Crippen LogP contribution is -2.76. The van der Waals surface area contributed by atoms with E-state index in [2.05, 4.69) is 20.6 Å².